The summed E-state index contributed by atoms with van der Waals surface area (Å²) in [6, 6.07) is 18.5. The van der Waals surface area contributed by atoms with Crippen molar-refractivity contribution in [1.82, 2.24) is 14.4 Å². The first-order valence-corrected chi connectivity index (χ1v) is 10.2. The number of hydrogen-bond donors (Lipinski definition) is 0. The summed E-state index contributed by atoms with van der Waals surface area (Å²) in [5, 5.41) is 7.56. The fourth-order valence-electron chi connectivity index (χ4n) is 5.08. The number of para-hydroxylation sites is 1. The van der Waals surface area contributed by atoms with Crippen molar-refractivity contribution < 1.29 is 8.83 Å². The highest BCUT2D eigenvalue weighted by Crippen LogP contribution is 2.43. The molecule has 0 spiro atoms. The lowest BCUT2D eigenvalue weighted by Crippen LogP contribution is -1.91. The largest absolute Gasteiger partial charge is 0.456 e. The third-order valence-electron chi connectivity index (χ3n) is 6.35. The number of furan rings is 2. The molecular weight excluding hydrogens is 386 g/mol. The smallest absolute Gasteiger partial charge is 0.147 e. The molecule has 5 aromatic heterocycles. The minimum Gasteiger partial charge on any atom is -0.456 e. The van der Waals surface area contributed by atoms with E-state index in [-0.39, 0.29) is 0 Å². The Morgan fingerprint density at radius 2 is 1.55 bits per heavy atom. The van der Waals surface area contributed by atoms with Crippen molar-refractivity contribution in [3.8, 4) is 0 Å². The Hall–Kier alpha value is -4.38. The molecule has 5 nitrogen and oxygen atoms in total. The second-order valence-corrected chi connectivity index (χ2v) is 7.89. The lowest BCUT2D eigenvalue weighted by Gasteiger charge is -2.08. The average molecular weight is 399 g/mol. The summed E-state index contributed by atoms with van der Waals surface area (Å²) in [6.45, 7) is 0. The number of fused-ring (bicyclic) bond motifs is 14. The Labute approximate surface area is 174 Å². The summed E-state index contributed by atoms with van der Waals surface area (Å²) < 4.78 is 14.7. The molecule has 0 amide bonds. The second kappa shape index (κ2) is 5.21. The number of aromatic nitrogens is 3. The summed E-state index contributed by atoms with van der Waals surface area (Å²) in [5.74, 6) is 0. The molecule has 0 saturated carbocycles. The van der Waals surface area contributed by atoms with Crippen LogP contribution in [0.4, 0.5) is 0 Å². The average Bonchev–Trinajstić information content (AvgIpc) is 3.53. The van der Waals surface area contributed by atoms with Gasteiger partial charge < -0.3 is 8.83 Å². The Bertz CT molecular complexity index is 2010. The van der Waals surface area contributed by atoms with Crippen molar-refractivity contribution >= 4 is 71.2 Å². The second-order valence-electron chi connectivity index (χ2n) is 7.89. The topological polar surface area (TPSA) is 56.5 Å². The van der Waals surface area contributed by atoms with Crippen molar-refractivity contribution in [2.24, 2.45) is 0 Å². The molecule has 8 aromatic rings. The van der Waals surface area contributed by atoms with Crippen LogP contribution in [0.25, 0.3) is 71.2 Å². The zero-order valence-electron chi connectivity index (χ0n) is 16.2. The van der Waals surface area contributed by atoms with E-state index in [1.807, 2.05) is 49.1 Å². The Morgan fingerprint density at radius 1 is 0.645 bits per heavy atom. The number of imidazole rings is 1. The van der Waals surface area contributed by atoms with Crippen molar-refractivity contribution in [3.05, 3.63) is 79.4 Å². The van der Waals surface area contributed by atoms with Gasteiger partial charge in [-0.2, -0.15) is 0 Å². The molecule has 8 rings (SSSR count). The van der Waals surface area contributed by atoms with E-state index in [1.165, 1.54) is 0 Å². The highest BCUT2D eigenvalue weighted by atomic mass is 16.3. The monoisotopic (exact) mass is 399 g/mol. The number of pyridine rings is 2. The fourth-order valence-corrected chi connectivity index (χ4v) is 5.08. The van der Waals surface area contributed by atoms with Gasteiger partial charge in [-0.3, -0.25) is 9.38 Å². The third-order valence-corrected chi connectivity index (χ3v) is 6.35. The van der Waals surface area contributed by atoms with Crippen LogP contribution >= 0.6 is 0 Å². The van der Waals surface area contributed by atoms with E-state index in [1.54, 1.807) is 0 Å². The van der Waals surface area contributed by atoms with Gasteiger partial charge in [0, 0.05) is 51.7 Å². The SMILES string of the molecule is c1ccc2c(c1)oc1ccc3c(oc4ccc5c(c6ccncc6c6nccn56)c43)c12. The van der Waals surface area contributed by atoms with Gasteiger partial charge in [0.1, 0.15) is 28.0 Å². The van der Waals surface area contributed by atoms with Crippen LogP contribution in [0.5, 0.6) is 0 Å². The number of hydrogen-bond acceptors (Lipinski definition) is 4. The third kappa shape index (κ3) is 1.78. The van der Waals surface area contributed by atoms with Crippen LogP contribution in [-0.2, 0) is 0 Å². The molecule has 0 aliphatic carbocycles. The van der Waals surface area contributed by atoms with E-state index in [0.717, 1.165) is 71.2 Å². The van der Waals surface area contributed by atoms with Crippen LogP contribution in [-0.4, -0.2) is 14.4 Å². The zero-order chi connectivity index (χ0) is 20.1. The highest BCUT2D eigenvalue weighted by Gasteiger charge is 2.20. The van der Waals surface area contributed by atoms with Gasteiger partial charge in [0.05, 0.1) is 10.9 Å². The fraction of sp³-hybridized carbons (Fsp3) is 0. The van der Waals surface area contributed by atoms with E-state index in [2.05, 4.69) is 44.7 Å². The first-order chi connectivity index (χ1) is 15.4. The van der Waals surface area contributed by atoms with Crippen molar-refractivity contribution in [3.63, 3.8) is 0 Å². The van der Waals surface area contributed by atoms with Gasteiger partial charge in [0.25, 0.3) is 0 Å². The van der Waals surface area contributed by atoms with Gasteiger partial charge in [0.2, 0.25) is 0 Å². The number of nitrogens with zero attached hydrogens (tertiary/aromatic N) is 3. The van der Waals surface area contributed by atoms with Crippen LogP contribution in [0.15, 0.2) is 88.2 Å². The molecule has 0 saturated heterocycles. The molecule has 0 bridgehead atoms. The lowest BCUT2D eigenvalue weighted by molar-refractivity contribution is 0.663. The Balaban J connectivity index is 1.71. The quantitative estimate of drug-likeness (QED) is 0.262. The van der Waals surface area contributed by atoms with E-state index in [4.69, 9.17) is 8.83 Å². The van der Waals surface area contributed by atoms with Crippen molar-refractivity contribution in [2.45, 2.75) is 0 Å². The van der Waals surface area contributed by atoms with Gasteiger partial charge in [-0.25, -0.2) is 4.98 Å². The first kappa shape index (κ1) is 15.5. The van der Waals surface area contributed by atoms with E-state index >= 15 is 0 Å². The Kier molecular flexibility index (Phi) is 2.60. The highest BCUT2D eigenvalue weighted by molar-refractivity contribution is 6.31. The molecular formula is C26H13N3O2. The summed E-state index contributed by atoms with van der Waals surface area (Å²) in [5.41, 5.74) is 5.43. The molecule has 144 valence electrons. The summed E-state index contributed by atoms with van der Waals surface area (Å²) in [4.78, 5) is 8.94. The summed E-state index contributed by atoms with van der Waals surface area (Å²) in [7, 11) is 0. The van der Waals surface area contributed by atoms with Gasteiger partial charge in [0.15, 0.2) is 0 Å². The van der Waals surface area contributed by atoms with E-state index in [9.17, 15) is 0 Å². The predicted octanol–water partition coefficient (Wildman–Crippen LogP) is 6.83. The summed E-state index contributed by atoms with van der Waals surface area (Å²) >= 11 is 0. The van der Waals surface area contributed by atoms with Crippen LogP contribution in [0.3, 0.4) is 0 Å². The predicted molar refractivity (Wildman–Crippen MR) is 123 cm³/mol. The molecule has 0 N–H and O–H groups in total. The lowest BCUT2D eigenvalue weighted by atomic mass is 10.0. The van der Waals surface area contributed by atoms with Gasteiger partial charge >= 0.3 is 0 Å². The standard InChI is InChI=1S/C26H13N3O2/c1-2-4-19-15(3-1)24-21(30-19)7-5-16-23-20(31-25(16)24)8-6-18-22(23)14-9-10-27-13-17(14)26-28-11-12-29(18)26/h1-13H. The zero-order valence-corrected chi connectivity index (χ0v) is 16.2. The van der Waals surface area contributed by atoms with Crippen molar-refractivity contribution in [1.29, 1.82) is 0 Å². The molecule has 5 heteroatoms. The van der Waals surface area contributed by atoms with Crippen LogP contribution < -0.4 is 0 Å². The maximum atomic E-state index is 6.48. The summed E-state index contributed by atoms with van der Waals surface area (Å²) in [6.07, 6.45) is 7.56. The molecule has 31 heavy (non-hydrogen) atoms. The van der Waals surface area contributed by atoms with E-state index < -0.39 is 0 Å². The molecule has 3 aromatic carbocycles. The maximum Gasteiger partial charge on any atom is 0.147 e. The normalized spacial score (nSPS) is 12.5. The van der Waals surface area contributed by atoms with Crippen molar-refractivity contribution in [2.75, 3.05) is 0 Å². The van der Waals surface area contributed by atoms with Crippen LogP contribution in [0.2, 0.25) is 0 Å². The van der Waals surface area contributed by atoms with Gasteiger partial charge in [-0.1, -0.05) is 18.2 Å². The minimum atomic E-state index is 0.836. The van der Waals surface area contributed by atoms with Crippen LogP contribution in [0, 0.1) is 0 Å². The number of rotatable bonds is 0. The molecule has 5 heterocycles. The Morgan fingerprint density at radius 3 is 2.55 bits per heavy atom. The van der Waals surface area contributed by atoms with E-state index in [0.29, 0.717) is 0 Å². The maximum absolute atomic E-state index is 6.48. The molecule has 0 aliphatic heterocycles. The molecule has 0 fully saturated rings. The molecule has 0 aliphatic rings. The molecule has 0 unspecified atom stereocenters. The number of benzene rings is 3. The minimum absolute atomic E-state index is 0.836. The van der Waals surface area contributed by atoms with Gasteiger partial charge in [-0.05, 0) is 41.8 Å². The van der Waals surface area contributed by atoms with Gasteiger partial charge in [-0.15, -0.1) is 0 Å². The first-order valence-electron chi connectivity index (χ1n) is 10.2. The molecule has 0 radical (unpaired) electrons. The molecule has 0 atom stereocenters. The van der Waals surface area contributed by atoms with Crippen LogP contribution in [0.1, 0.15) is 0 Å².